The molecule has 1 N–H and O–H groups in total. The number of hydroxylamine groups is 2. The lowest BCUT2D eigenvalue weighted by atomic mass is 10.4. The zero-order chi connectivity index (χ0) is 10.2. The molecule has 1 fully saturated rings. The molecule has 7 nitrogen and oxygen atoms in total. The van der Waals surface area contributed by atoms with Gasteiger partial charge in [-0.3, -0.25) is 19.0 Å². The largest absolute Gasteiger partial charge is 0.285 e. The third kappa shape index (κ3) is 1.69. The van der Waals surface area contributed by atoms with Crippen LogP contribution in [-0.4, -0.2) is 42.2 Å². The van der Waals surface area contributed by atoms with Crippen molar-refractivity contribution in [2.45, 2.75) is 11.7 Å². The van der Waals surface area contributed by atoms with Crippen LogP contribution in [0.15, 0.2) is 0 Å². The zero-order valence-electron chi connectivity index (χ0n) is 6.63. The van der Waals surface area contributed by atoms with Gasteiger partial charge in [-0.1, -0.05) is 0 Å². The third-order valence-corrected chi connectivity index (χ3v) is 2.69. The molecule has 0 bridgehead atoms. The topological polar surface area (TPSA) is 101 Å². The molecule has 8 heteroatoms. The summed E-state index contributed by atoms with van der Waals surface area (Å²) >= 11 is 0. The first kappa shape index (κ1) is 10.1. The monoisotopic (exact) mass is 209 g/mol. The van der Waals surface area contributed by atoms with Gasteiger partial charge in [0.1, 0.15) is 0 Å². The Morgan fingerprint density at radius 3 is 2.31 bits per heavy atom. The van der Waals surface area contributed by atoms with E-state index in [1.807, 2.05) is 0 Å². The Bertz CT molecular complexity index is 346. The number of amides is 2. The van der Waals surface area contributed by atoms with Crippen LogP contribution in [0.4, 0.5) is 0 Å². The van der Waals surface area contributed by atoms with Crippen LogP contribution < -0.4 is 0 Å². The predicted molar refractivity (Wildman–Crippen MR) is 38.8 cm³/mol. The Hall–Kier alpha value is -0.990. The second kappa shape index (κ2) is 3.05. The van der Waals surface area contributed by atoms with E-state index >= 15 is 0 Å². The van der Waals surface area contributed by atoms with Crippen LogP contribution in [0.25, 0.3) is 0 Å². The molecule has 0 radical (unpaired) electrons. The van der Waals surface area contributed by atoms with Gasteiger partial charge in [0.05, 0.1) is 13.5 Å². The van der Waals surface area contributed by atoms with E-state index in [0.29, 0.717) is 5.06 Å². The molecule has 2 amide bonds. The number of nitrogens with zero attached hydrogens (tertiary/aromatic N) is 1. The smallest absolute Gasteiger partial charge is 0.277 e. The second-order valence-corrected chi connectivity index (χ2v) is 4.02. The highest BCUT2D eigenvalue weighted by Crippen LogP contribution is 2.18. The van der Waals surface area contributed by atoms with Gasteiger partial charge < -0.3 is 0 Å². The Labute approximate surface area is 74.0 Å². The Morgan fingerprint density at radius 1 is 1.54 bits per heavy atom. The van der Waals surface area contributed by atoms with Crippen molar-refractivity contribution >= 4 is 21.9 Å². The van der Waals surface area contributed by atoms with E-state index in [2.05, 4.69) is 4.84 Å². The quantitative estimate of drug-likeness (QED) is 0.441. The second-order valence-electron chi connectivity index (χ2n) is 2.42. The predicted octanol–water partition coefficient (Wildman–Crippen LogP) is -1.44. The summed E-state index contributed by atoms with van der Waals surface area (Å²) < 4.78 is 29.6. The van der Waals surface area contributed by atoms with Crippen molar-refractivity contribution in [3.63, 3.8) is 0 Å². The van der Waals surface area contributed by atoms with Gasteiger partial charge in [0.25, 0.3) is 21.9 Å². The van der Waals surface area contributed by atoms with Gasteiger partial charge in [0, 0.05) is 0 Å². The van der Waals surface area contributed by atoms with Crippen molar-refractivity contribution in [2.75, 3.05) is 7.11 Å². The first-order chi connectivity index (χ1) is 5.88. The number of hydrogen-bond donors (Lipinski definition) is 1. The van der Waals surface area contributed by atoms with Gasteiger partial charge in [-0.25, -0.2) is 0 Å². The van der Waals surface area contributed by atoms with Crippen LogP contribution in [0.1, 0.15) is 6.42 Å². The molecule has 0 aromatic heterocycles. The SMILES string of the molecule is CON1C(=O)C[C@H](S(=O)(=O)O)C1=O. The zero-order valence-corrected chi connectivity index (χ0v) is 7.44. The molecule has 1 rings (SSSR count). The number of carbonyl (C=O) groups is 2. The summed E-state index contributed by atoms with van der Waals surface area (Å²) in [6.07, 6.45) is -0.578. The van der Waals surface area contributed by atoms with Crippen molar-refractivity contribution in [1.82, 2.24) is 5.06 Å². The molecule has 0 spiro atoms. The standard InChI is InChI=1S/C5H7NO6S/c1-12-6-4(7)2-3(5(6)8)13(9,10)11/h3H,2H2,1H3,(H,9,10,11)/t3-/m0/s1. The molecule has 1 heterocycles. The molecule has 1 aliphatic heterocycles. The average Bonchev–Trinajstić information content (AvgIpc) is 2.25. The van der Waals surface area contributed by atoms with Crippen LogP contribution in [0.3, 0.4) is 0 Å². The maximum atomic E-state index is 11.0. The van der Waals surface area contributed by atoms with Gasteiger partial charge in [-0.2, -0.15) is 13.5 Å². The summed E-state index contributed by atoms with van der Waals surface area (Å²) in [6, 6.07) is 0. The van der Waals surface area contributed by atoms with Gasteiger partial charge in [0.2, 0.25) is 0 Å². The molecule has 1 atom stereocenters. The van der Waals surface area contributed by atoms with Gasteiger partial charge in [-0.15, -0.1) is 0 Å². The van der Waals surface area contributed by atoms with Gasteiger partial charge in [0.15, 0.2) is 5.25 Å². The lowest BCUT2D eigenvalue weighted by Gasteiger charge is -2.08. The molecule has 1 aliphatic rings. The fourth-order valence-electron chi connectivity index (χ4n) is 1.01. The van der Waals surface area contributed by atoms with Crippen molar-refractivity contribution in [3.8, 4) is 0 Å². The lowest BCUT2D eigenvalue weighted by molar-refractivity contribution is -0.179. The highest BCUT2D eigenvalue weighted by atomic mass is 32.2. The van der Waals surface area contributed by atoms with Gasteiger partial charge in [-0.05, 0) is 0 Å². The number of imide groups is 1. The summed E-state index contributed by atoms with van der Waals surface area (Å²) in [5, 5.41) is -1.40. The summed E-state index contributed by atoms with van der Waals surface area (Å²) in [5.74, 6) is -1.84. The van der Waals surface area contributed by atoms with E-state index in [0.717, 1.165) is 7.11 Å². The Balaban J connectivity index is 2.99. The highest BCUT2D eigenvalue weighted by molar-refractivity contribution is 7.87. The van der Waals surface area contributed by atoms with Crippen LogP contribution in [0.2, 0.25) is 0 Å². The number of carbonyl (C=O) groups excluding carboxylic acids is 2. The molecule has 0 aromatic carbocycles. The highest BCUT2D eigenvalue weighted by Gasteiger charge is 2.46. The molecule has 13 heavy (non-hydrogen) atoms. The molecule has 0 aromatic rings. The van der Waals surface area contributed by atoms with Crippen molar-refractivity contribution in [2.24, 2.45) is 0 Å². The minimum atomic E-state index is -4.52. The van der Waals surface area contributed by atoms with Crippen molar-refractivity contribution in [1.29, 1.82) is 0 Å². The third-order valence-electron chi connectivity index (χ3n) is 1.60. The summed E-state index contributed by atoms with van der Waals surface area (Å²) in [5.41, 5.74) is 0. The molecule has 1 saturated heterocycles. The molecular formula is C5H7NO6S. The summed E-state index contributed by atoms with van der Waals surface area (Å²) in [4.78, 5) is 26.2. The van der Waals surface area contributed by atoms with Crippen LogP contribution >= 0.6 is 0 Å². The lowest BCUT2D eigenvalue weighted by Crippen LogP contribution is -2.34. The van der Waals surface area contributed by atoms with E-state index in [-0.39, 0.29) is 0 Å². The molecule has 74 valence electrons. The van der Waals surface area contributed by atoms with E-state index in [1.165, 1.54) is 0 Å². The van der Waals surface area contributed by atoms with E-state index in [9.17, 15) is 18.0 Å². The first-order valence-electron chi connectivity index (χ1n) is 3.25. The molecule has 0 unspecified atom stereocenters. The summed E-state index contributed by atoms with van der Waals surface area (Å²) in [7, 11) is -3.46. The minimum Gasteiger partial charge on any atom is -0.285 e. The molecule has 0 saturated carbocycles. The average molecular weight is 209 g/mol. The first-order valence-corrected chi connectivity index (χ1v) is 4.75. The van der Waals surface area contributed by atoms with E-state index < -0.39 is 33.6 Å². The Kier molecular flexibility index (Phi) is 2.37. The molecular weight excluding hydrogens is 202 g/mol. The maximum Gasteiger partial charge on any atom is 0.277 e. The van der Waals surface area contributed by atoms with Crippen molar-refractivity contribution in [3.05, 3.63) is 0 Å². The summed E-state index contributed by atoms with van der Waals surface area (Å²) in [6.45, 7) is 0. The van der Waals surface area contributed by atoms with Crippen molar-refractivity contribution < 1.29 is 27.4 Å². The Morgan fingerprint density at radius 2 is 2.08 bits per heavy atom. The number of hydrogen-bond acceptors (Lipinski definition) is 5. The maximum absolute atomic E-state index is 11.0. The minimum absolute atomic E-state index is 0.318. The van der Waals surface area contributed by atoms with Crippen LogP contribution in [-0.2, 0) is 24.5 Å². The van der Waals surface area contributed by atoms with Crippen LogP contribution in [0, 0.1) is 0 Å². The fourth-order valence-corrected chi connectivity index (χ4v) is 1.71. The van der Waals surface area contributed by atoms with Crippen LogP contribution in [0.5, 0.6) is 0 Å². The number of rotatable bonds is 2. The molecule has 0 aliphatic carbocycles. The van der Waals surface area contributed by atoms with Gasteiger partial charge >= 0.3 is 0 Å². The fraction of sp³-hybridized carbons (Fsp3) is 0.600. The normalized spacial score (nSPS) is 24.2. The van der Waals surface area contributed by atoms with E-state index in [4.69, 9.17) is 4.55 Å². The van der Waals surface area contributed by atoms with E-state index in [1.54, 1.807) is 0 Å².